The van der Waals surface area contributed by atoms with Gasteiger partial charge in [0.25, 0.3) is 0 Å². The second kappa shape index (κ2) is 5.02. The van der Waals surface area contributed by atoms with Gasteiger partial charge in [0.2, 0.25) is 0 Å². The summed E-state index contributed by atoms with van der Waals surface area (Å²) >= 11 is 1.80. The molecule has 1 aromatic carbocycles. The van der Waals surface area contributed by atoms with Crippen LogP contribution in [-0.2, 0) is 0 Å². The molecule has 0 amide bonds. The van der Waals surface area contributed by atoms with E-state index in [9.17, 15) is 0 Å². The number of methoxy groups -OCH3 is 1. The van der Waals surface area contributed by atoms with Crippen molar-refractivity contribution in [3.63, 3.8) is 0 Å². The highest BCUT2D eigenvalue weighted by Crippen LogP contribution is 2.37. The van der Waals surface area contributed by atoms with Crippen molar-refractivity contribution in [2.45, 2.75) is 12.8 Å². The quantitative estimate of drug-likeness (QED) is 0.825. The molecule has 0 spiro atoms. The number of ether oxygens (including phenoxy) is 1. The van der Waals surface area contributed by atoms with E-state index in [2.05, 4.69) is 28.5 Å². The number of nitrogens with zero attached hydrogens (tertiary/aromatic N) is 1. The molecule has 0 N–H and O–H groups in total. The lowest BCUT2D eigenvalue weighted by Gasteiger charge is -2.14. The fourth-order valence-corrected chi connectivity index (χ4v) is 3.41. The predicted octanol–water partition coefficient (Wildman–Crippen LogP) is 4.02. The zero-order valence-corrected chi connectivity index (χ0v) is 11.4. The number of rotatable bonds is 3. The van der Waals surface area contributed by atoms with Gasteiger partial charge in [-0.05, 0) is 31.0 Å². The van der Waals surface area contributed by atoms with Gasteiger partial charge in [-0.2, -0.15) is 0 Å². The van der Waals surface area contributed by atoms with Crippen molar-refractivity contribution in [3.8, 4) is 16.2 Å². The number of anilines is 1. The Hall–Kier alpha value is -1.48. The van der Waals surface area contributed by atoms with E-state index in [0.717, 1.165) is 5.75 Å². The lowest BCUT2D eigenvalue weighted by molar-refractivity contribution is 0.416. The number of thiophene rings is 1. The number of para-hydroxylation sites is 1. The van der Waals surface area contributed by atoms with Crippen LogP contribution in [0.3, 0.4) is 0 Å². The van der Waals surface area contributed by atoms with Gasteiger partial charge < -0.3 is 9.64 Å². The van der Waals surface area contributed by atoms with Gasteiger partial charge in [-0.15, -0.1) is 11.3 Å². The molecule has 1 aromatic heterocycles. The van der Waals surface area contributed by atoms with Crippen LogP contribution in [0, 0.1) is 0 Å². The van der Waals surface area contributed by atoms with E-state index in [4.69, 9.17) is 4.74 Å². The Bertz CT molecular complexity index is 529. The molecular formula is C15H17NOS. The van der Waals surface area contributed by atoms with Crippen LogP contribution < -0.4 is 9.64 Å². The predicted molar refractivity (Wildman–Crippen MR) is 77.8 cm³/mol. The van der Waals surface area contributed by atoms with Gasteiger partial charge in [-0.1, -0.05) is 12.1 Å². The maximum absolute atomic E-state index is 5.43. The SMILES string of the molecule is COc1ccccc1-c1cc(N2CCCC2)cs1. The Morgan fingerprint density at radius 3 is 2.72 bits per heavy atom. The molecule has 1 aliphatic heterocycles. The van der Waals surface area contributed by atoms with Crippen LogP contribution in [0.4, 0.5) is 5.69 Å². The summed E-state index contributed by atoms with van der Waals surface area (Å²) in [6.07, 6.45) is 2.64. The van der Waals surface area contributed by atoms with Gasteiger partial charge >= 0.3 is 0 Å². The van der Waals surface area contributed by atoms with E-state index < -0.39 is 0 Å². The monoisotopic (exact) mass is 259 g/mol. The molecule has 0 atom stereocenters. The maximum Gasteiger partial charge on any atom is 0.127 e. The van der Waals surface area contributed by atoms with Gasteiger partial charge in [0.1, 0.15) is 5.75 Å². The first-order chi connectivity index (χ1) is 8.88. The molecule has 0 saturated carbocycles. The second-order valence-corrected chi connectivity index (χ2v) is 5.47. The van der Waals surface area contributed by atoms with Crippen molar-refractivity contribution < 1.29 is 4.74 Å². The summed E-state index contributed by atoms with van der Waals surface area (Å²) in [6, 6.07) is 10.5. The van der Waals surface area contributed by atoms with Crippen LogP contribution >= 0.6 is 11.3 Å². The molecule has 0 radical (unpaired) electrons. The van der Waals surface area contributed by atoms with Crippen molar-refractivity contribution in [3.05, 3.63) is 35.7 Å². The van der Waals surface area contributed by atoms with E-state index in [1.54, 1.807) is 18.4 Å². The van der Waals surface area contributed by atoms with Crippen LogP contribution in [-0.4, -0.2) is 20.2 Å². The molecule has 3 heteroatoms. The van der Waals surface area contributed by atoms with E-state index in [1.165, 1.54) is 42.1 Å². The lowest BCUT2D eigenvalue weighted by atomic mass is 10.1. The van der Waals surface area contributed by atoms with E-state index in [1.807, 2.05) is 12.1 Å². The fourth-order valence-electron chi connectivity index (χ4n) is 2.46. The van der Waals surface area contributed by atoms with Crippen LogP contribution in [0.15, 0.2) is 35.7 Å². The van der Waals surface area contributed by atoms with Crippen LogP contribution in [0.1, 0.15) is 12.8 Å². The van der Waals surface area contributed by atoms with Gasteiger partial charge in [0.05, 0.1) is 7.11 Å². The Morgan fingerprint density at radius 2 is 1.94 bits per heavy atom. The Kier molecular flexibility index (Phi) is 3.24. The van der Waals surface area contributed by atoms with Crippen molar-refractivity contribution in [1.82, 2.24) is 0 Å². The topological polar surface area (TPSA) is 12.5 Å². The summed E-state index contributed by atoms with van der Waals surface area (Å²) in [6.45, 7) is 2.39. The molecule has 18 heavy (non-hydrogen) atoms. The van der Waals surface area contributed by atoms with Gasteiger partial charge in [-0.3, -0.25) is 0 Å². The average Bonchev–Trinajstić information content (AvgIpc) is 3.09. The van der Waals surface area contributed by atoms with E-state index in [0.29, 0.717) is 0 Å². The molecule has 1 fully saturated rings. The Labute approximate surface area is 112 Å². The molecule has 0 bridgehead atoms. The fraction of sp³-hybridized carbons (Fsp3) is 0.333. The third kappa shape index (κ3) is 2.10. The average molecular weight is 259 g/mol. The highest BCUT2D eigenvalue weighted by molar-refractivity contribution is 7.14. The molecule has 1 saturated heterocycles. The molecule has 2 heterocycles. The number of hydrogen-bond donors (Lipinski definition) is 0. The standard InChI is InChI=1S/C15H17NOS/c1-17-14-7-3-2-6-13(14)15-10-12(11-18-15)16-8-4-5-9-16/h2-3,6-7,10-11H,4-5,8-9H2,1H3. The van der Waals surface area contributed by atoms with Crippen LogP contribution in [0.2, 0.25) is 0 Å². The molecule has 0 aliphatic carbocycles. The lowest BCUT2D eigenvalue weighted by Crippen LogP contribution is -2.16. The molecule has 94 valence electrons. The summed E-state index contributed by atoms with van der Waals surface area (Å²) in [7, 11) is 1.73. The normalized spacial score (nSPS) is 15.1. The third-order valence-electron chi connectivity index (χ3n) is 3.43. The number of benzene rings is 1. The smallest absolute Gasteiger partial charge is 0.127 e. The molecular weight excluding hydrogens is 242 g/mol. The largest absolute Gasteiger partial charge is 0.496 e. The van der Waals surface area contributed by atoms with Gasteiger partial charge in [0.15, 0.2) is 0 Å². The highest BCUT2D eigenvalue weighted by atomic mass is 32.1. The maximum atomic E-state index is 5.43. The minimum Gasteiger partial charge on any atom is -0.496 e. The first kappa shape index (κ1) is 11.6. The summed E-state index contributed by atoms with van der Waals surface area (Å²) in [5.41, 5.74) is 2.55. The first-order valence-electron chi connectivity index (χ1n) is 6.35. The van der Waals surface area contributed by atoms with E-state index in [-0.39, 0.29) is 0 Å². The summed E-state index contributed by atoms with van der Waals surface area (Å²) in [5, 5.41) is 2.26. The summed E-state index contributed by atoms with van der Waals surface area (Å²) < 4.78 is 5.43. The van der Waals surface area contributed by atoms with Crippen LogP contribution in [0.5, 0.6) is 5.75 Å². The Balaban J connectivity index is 1.92. The molecule has 3 rings (SSSR count). The summed E-state index contributed by atoms with van der Waals surface area (Å²) in [5.74, 6) is 0.951. The minimum atomic E-state index is 0.951. The Morgan fingerprint density at radius 1 is 1.17 bits per heavy atom. The van der Waals surface area contributed by atoms with Crippen molar-refractivity contribution in [1.29, 1.82) is 0 Å². The summed E-state index contributed by atoms with van der Waals surface area (Å²) in [4.78, 5) is 3.75. The third-order valence-corrected chi connectivity index (χ3v) is 4.38. The van der Waals surface area contributed by atoms with Crippen molar-refractivity contribution in [2.75, 3.05) is 25.1 Å². The molecule has 2 aromatic rings. The van der Waals surface area contributed by atoms with Crippen molar-refractivity contribution in [2.24, 2.45) is 0 Å². The second-order valence-electron chi connectivity index (χ2n) is 4.56. The van der Waals surface area contributed by atoms with Gasteiger partial charge in [0, 0.05) is 34.6 Å². The van der Waals surface area contributed by atoms with Gasteiger partial charge in [-0.25, -0.2) is 0 Å². The zero-order valence-electron chi connectivity index (χ0n) is 10.6. The van der Waals surface area contributed by atoms with Crippen molar-refractivity contribution >= 4 is 17.0 Å². The zero-order chi connectivity index (χ0) is 12.4. The van der Waals surface area contributed by atoms with Crippen LogP contribution in [0.25, 0.3) is 10.4 Å². The number of hydrogen-bond acceptors (Lipinski definition) is 3. The first-order valence-corrected chi connectivity index (χ1v) is 7.23. The molecule has 1 aliphatic rings. The molecule has 0 unspecified atom stereocenters. The van der Waals surface area contributed by atoms with E-state index >= 15 is 0 Å². The molecule has 2 nitrogen and oxygen atoms in total. The highest BCUT2D eigenvalue weighted by Gasteiger charge is 2.15. The minimum absolute atomic E-state index is 0.951.